The van der Waals surface area contributed by atoms with E-state index >= 15 is 0 Å². The Kier molecular flexibility index (Phi) is 7.03. The van der Waals surface area contributed by atoms with Crippen molar-refractivity contribution >= 4 is 31.7 Å². The number of alkyl halides is 6. The molecule has 0 atom stereocenters. The molecule has 0 amide bonds. The van der Waals surface area contributed by atoms with Gasteiger partial charge in [0.15, 0.2) is 11.4 Å². The van der Waals surface area contributed by atoms with Gasteiger partial charge in [-0.05, 0) is 6.07 Å². The van der Waals surface area contributed by atoms with Crippen LogP contribution >= 0.6 is 0 Å². The van der Waals surface area contributed by atoms with E-state index in [1.807, 2.05) is 0 Å². The van der Waals surface area contributed by atoms with E-state index in [2.05, 4.69) is 18.9 Å². The van der Waals surface area contributed by atoms with Gasteiger partial charge in [-0.1, -0.05) is 28.5 Å². The van der Waals surface area contributed by atoms with E-state index in [0.717, 1.165) is 24.3 Å². The molecular formula is C12H4F6N4O6S2. The van der Waals surface area contributed by atoms with E-state index in [9.17, 15) is 43.2 Å². The van der Waals surface area contributed by atoms with E-state index < -0.39 is 53.8 Å². The summed E-state index contributed by atoms with van der Waals surface area (Å²) in [4.78, 5) is 0. The molecule has 0 heterocycles. The predicted octanol–water partition coefficient (Wildman–Crippen LogP) is 1.87. The summed E-state index contributed by atoms with van der Waals surface area (Å²) in [6.45, 7) is 0. The van der Waals surface area contributed by atoms with Crippen molar-refractivity contribution in [2.24, 2.45) is 10.3 Å². The molecule has 0 aliphatic rings. The van der Waals surface area contributed by atoms with Crippen LogP contribution in [0.25, 0.3) is 0 Å². The first-order chi connectivity index (χ1) is 13.6. The molecule has 0 spiro atoms. The Morgan fingerprint density at radius 3 is 1.40 bits per heavy atom. The van der Waals surface area contributed by atoms with E-state index in [4.69, 9.17) is 10.5 Å². The molecule has 0 aliphatic heterocycles. The Balaban J connectivity index is 3.31. The standard InChI is InChI=1S/C12H4F6N4O6S2/c13-11(14,15)29(23,24)27-21-9(5-19)7-2-1-3-8(4-7)10(6-20)22-28-30(25,26)12(16,17)18/h1-4H/b21-9+,22-10+. The number of benzene rings is 1. The Morgan fingerprint density at radius 1 is 0.800 bits per heavy atom. The fourth-order valence-electron chi connectivity index (χ4n) is 1.35. The summed E-state index contributed by atoms with van der Waals surface area (Å²) in [6.07, 6.45) is 0. The Labute approximate surface area is 163 Å². The summed E-state index contributed by atoms with van der Waals surface area (Å²) >= 11 is 0. The quantitative estimate of drug-likeness (QED) is 0.259. The third kappa shape index (κ3) is 5.81. The lowest BCUT2D eigenvalue weighted by atomic mass is 10.0. The SMILES string of the molecule is N#C/C(=N\OS(=O)(=O)C(F)(F)F)c1cccc(/C(C#N)=N/OS(=O)(=O)C(F)(F)F)c1. The molecule has 1 aromatic carbocycles. The number of rotatable bonds is 6. The Morgan fingerprint density at radius 2 is 1.13 bits per heavy atom. The molecule has 0 aliphatic carbocycles. The lowest BCUT2D eigenvalue weighted by Crippen LogP contribution is -2.24. The van der Waals surface area contributed by atoms with Crippen LogP contribution in [0.1, 0.15) is 11.1 Å². The minimum atomic E-state index is -6.19. The zero-order valence-electron chi connectivity index (χ0n) is 13.6. The van der Waals surface area contributed by atoms with Gasteiger partial charge in [0.1, 0.15) is 12.1 Å². The molecule has 1 rings (SSSR count). The molecule has 10 nitrogen and oxygen atoms in total. The zero-order chi connectivity index (χ0) is 23.4. The van der Waals surface area contributed by atoms with Gasteiger partial charge in [0, 0.05) is 11.1 Å². The molecular weight excluding hydrogens is 474 g/mol. The van der Waals surface area contributed by atoms with Crippen LogP contribution < -0.4 is 0 Å². The lowest BCUT2D eigenvalue weighted by molar-refractivity contribution is -0.0545. The van der Waals surface area contributed by atoms with Crippen LogP contribution in [0.4, 0.5) is 26.3 Å². The summed E-state index contributed by atoms with van der Waals surface area (Å²) in [6, 6.07) is 6.07. The van der Waals surface area contributed by atoms with Crippen molar-refractivity contribution < 1.29 is 51.7 Å². The number of halogens is 6. The third-order valence-corrected chi connectivity index (χ3v) is 4.32. The number of hydrogen-bond donors (Lipinski definition) is 0. The molecule has 0 fully saturated rings. The van der Waals surface area contributed by atoms with E-state index in [1.54, 1.807) is 0 Å². The van der Waals surface area contributed by atoms with Crippen LogP contribution in [0, 0.1) is 22.7 Å². The molecule has 0 saturated heterocycles. The van der Waals surface area contributed by atoms with Gasteiger partial charge >= 0.3 is 31.3 Å². The molecule has 0 bridgehead atoms. The van der Waals surface area contributed by atoms with Gasteiger partial charge in [0.05, 0.1) is 0 Å². The fourth-order valence-corrected chi connectivity index (χ4v) is 1.86. The Bertz CT molecular complexity index is 1080. The van der Waals surface area contributed by atoms with Crippen LogP contribution in [-0.4, -0.2) is 39.3 Å². The maximum atomic E-state index is 12.2. The van der Waals surface area contributed by atoms with Crippen molar-refractivity contribution in [1.82, 2.24) is 0 Å². The van der Waals surface area contributed by atoms with Crippen LogP contribution in [0.5, 0.6) is 0 Å². The minimum absolute atomic E-state index is 0.464. The number of hydrogen-bond acceptors (Lipinski definition) is 10. The number of oxime groups is 2. The fraction of sp³-hybridized carbons (Fsp3) is 0.167. The van der Waals surface area contributed by atoms with Crippen LogP contribution in [-0.2, 0) is 28.8 Å². The molecule has 0 unspecified atom stereocenters. The maximum Gasteiger partial charge on any atom is 0.536 e. The van der Waals surface area contributed by atoms with Crippen LogP contribution in [0.2, 0.25) is 0 Å². The highest BCUT2D eigenvalue weighted by molar-refractivity contribution is 7.87. The second-order valence-electron chi connectivity index (χ2n) is 4.63. The highest BCUT2D eigenvalue weighted by atomic mass is 32.2. The summed E-state index contributed by atoms with van der Waals surface area (Å²) in [7, 11) is -12.4. The normalized spacial score (nSPS) is 13.9. The van der Waals surface area contributed by atoms with Gasteiger partial charge in [-0.15, -0.1) is 0 Å². The third-order valence-electron chi connectivity index (χ3n) is 2.64. The van der Waals surface area contributed by atoms with Gasteiger partial charge in [0.2, 0.25) is 0 Å². The van der Waals surface area contributed by atoms with E-state index in [-0.39, 0.29) is 0 Å². The maximum absolute atomic E-state index is 12.2. The van der Waals surface area contributed by atoms with Crippen molar-refractivity contribution in [1.29, 1.82) is 10.5 Å². The smallest absolute Gasteiger partial charge is 0.260 e. The average molecular weight is 478 g/mol. The highest BCUT2D eigenvalue weighted by Crippen LogP contribution is 2.26. The van der Waals surface area contributed by atoms with Crippen molar-refractivity contribution in [2.45, 2.75) is 11.0 Å². The first-order valence-corrected chi connectivity index (χ1v) is 9.44. The number of nitrogens with zero attached hydrogens (tertiary/aromatic N) is 4. The topological polar surface area (TPSA) is 159 Å². The lowest BCUT2D eigenvalue weighted by Gasteiger charge is -2.06. The summed E-state index contributed by atoms with van der Waals surface area (Å²) in [5.41, 5.74) is -14.7. The molecule has 162 valence electrons. The largest absolute Gasteiger partial charge is 0.536 e. The zero-order valence-corrected chi connectivity index (χ0v) is 15.3. The summed E-state index contributed by atoms with van der Waals surface area (Å²) in [5, 5.41) is 22.9. The van der Waals surface area contributed by atoms with Crippen molar-refractivity contribution in [3.63, 3.8) is 0 Å². The van der Waals surface area contributed by atoms with Gasteiger partial charge < -0.3 is 0 Å². The van der Waals surface area contributed by atoms with Crippen molar-refractivity contribution in [3.8, 4) is 12.1 Å². The second kappa shape index (κ2) is 8.55. The Hall–Kier alpha value is -3.38. The molecule has 0 saturated carbocycles. The van der Waals surface area contributed by atoms with Crippen LogP contribution in [0.15, 0.2) is 34.6 Å². The van der Waals surface area contributed by atoms with Crippen LogP contribution in [0.3, 0.4) is 0 Å². The molecule has 30 heavy (non-hydrogen) atoms. The monoisotopic (exact) mass is 478 g/mol. The predicted molar refractivity (Wildman–Crippen MR) is 82.9 cm³/mol. The molecule has 0 N–H and O–H groups in total. The summed E-state index contributed by atoms with van der Waals surface area (Å²) < 4.78 is 123. The average Bonchev–Trinajstić information content (AvgIpc) is 2.61. The van der Waals surface area contributed by atoms with Gasteiger partial charge in [-0.3, -0.25) is 8.57 Å². The molecule has 1 aromatic rings. The number of nitriles is 2. The molecule has 0 radical (unpaired) electrons. The summed E-state index contributed by atoms with van der Waals surface area (Å²) in [5.74, 6) is 0. The first kappa shape index (κ1) is 24.7. The second-order valence-corrected chi connectivity index (χ2v) is 7.67. The van der Waals surface area contributed by atoms with E-state index in [1.165, 1.54) is 12.1 Å². The van der Waals surface area contributed by atoms with Gasteiger partial charge in [-0.25, -0.2) is 0 Å². The van der Waals surface area contributed by atoms with E-state index in [0.29, 0.717) is 0 Å². The van der Waals surface area contributed by atoms with Crippen molar-refractivity contribution in [3.05, 3.63) is 35.4 Å². The van der Waals surface area contributed by atoms with Gasteiger partial charge in [-0.2, -0.15) is 53.7 Å². The molecule has 18 heteroatoms. The van der Waals surface area contributed by atoms with Gasteiger partial charge in [0.25, 0.3) is 0 Å². The highest BCUT2D eigenvalue weighted by Gasteiger charge is 2.49. The minimum Gasteiger partial charge on any atom is -0.260 e. The molecule has 0 aromatic heterocycles. The first-order valence-electron chi connectivity index (χ1n) is 6.62. The van der Waals surface area contributed by atoms with Crippen molar-refractivity contribution in [2.75, 3.05) is 0 Å².